The average Bonchev–Trinajstić information content (AvgIpc) is 4.21. The molecule has 2 aliphatic carbocycles. The summed E-state index contributed by atoms with van der Waals surface area (Å²) in [5.74, 6) is 1.01. The van der Waals surface area contributed by atoms with Crippen LogP contribution in [-0.2, 0) is 0 Å². The molecule has 2 unspecified atom stereocenters. The summed E-state index contributed by atoms with van der Waals surface area (Å²) in [6.07, 6.45) is 9.82. The van der Waals surface area contributed by atoms with E-state index in [-0.39, 0.29) is 0 Å². The number of hydrogen-bond acceptors (Lipinski definition) is 2. The van der Waals surface area contributed by atoms with Crippen molar-refractivity contribution in [1.82, 2.24) is 13.7 Å². The first kappa shape index (κ1) is 41.6. The van der Waals surface area contributed by atoms with Gasteiger partial charge in [-0.15, -0.1) is 11.3 Å². The van der Waals surface area contributed by atoms with Crippen LogP contribution in [0.15, 0.2) is 212 Å². The second-order valence-electron chi connectivity index (χ2n) is 20.6. The molecule has 1 fully saturated rings. The molecule has 0 saturated heterocycles. The van der Waals surface area contributed by atoms with Gasteiger partial charge in [-0.1, -0.05) is 122 Å². The first-order valence-electron chi connectivity index (χ1n) is 26.0. The van der Waals surface area contributed by atoms with Crippen molar-refractivity contribution in [3.05, 3.63) is 229 Å². The molecule has 1 saturated carbocycles. The van der Waals surface area contributed by atoms with E-state index in [1.165, 1.54) is 150 Å². The lowest BCUT2D eigenvalue weighted by Crippen LogP contribution is -2.19. The highest BCUT2D eigenvalue weighted by atomic mass is 32.1. The van der Waals surface area contributed by atoms with Gasteiger partial charge in [0.1, 0.15) is 0 Å². The third-order valence-electron chi connectivity index (χ3n) is 16.7. The topological polar surface area (TPSA) is 38.6 Å². The zero-order chi connectivity index (χ0) is 48.6. The van der Waals surface area contributed by atoms with Gasteiger partial charge >= 0.3 is 0 Å². The molecular formula is C69H46N4S. The number of rotatable bonds is 5. The molecule has 0 bridgehead atoms. The lowest BCUT2D eigenvalue weighted by molar-refractivity contribution is 0.361. The van der Waals surface area contributed by atoms with E-state index in [0.717, 1.165) is 11.4 Å². The number of nitriles is 1. The van der Waals surface area contributed by atoms with Crippen molar-refractivity contribution in [3.8, 4) is 45.4 Å². The SMILES string of the molecule is N#Cc1ccc(-n2c3c(c4cc(-c5cc(-c6ccc7c(c6)c6ccccc6n7-c6ccc7sc8ccccc8c7c6)cc(-n6c7ccccc7c7ccc8ccccc8c76)c5)ccc42)C2CCCCC2C=C3)cc1. The summed E-state index contributed by atoms with van der Waals surface area (Å²) in [5, 5.41) is 21.1. The molecular weight excluding hydrogens is 917 g/mol. The standard InChI is InChI=1S/C69H46N4S/c70-41-42-21-27-49(28-22-42)71-64-32-26-46(39-60(64)68-52-13-3-1-11-43(52)24-33-65(68)71)48-35-47(36-51(37-48)73-62-19-9-5-15-54(62)57-30-23-44-12-2-4-14-53(44)69(57)73)45-25-31-63-58(38-45)55-16-6-8-18-61(55)72(63)50-29-34-67-59(40-50)56-17-7-10-20-66(56)74-67/h2,4-10,12,14-40,43,52H,1,3,11,13H2. The Morgan fingerprint density at radius 1 is 0.419 bits per heavy atom. The summed E-state index contributed by atoms with van der Waals surface area (Å²) in [7, 11) is 0. The molecule has 0 amide bonds. The summed E-state index contributed by atoms with van der Waals surface area (Å²) in [6, 6.07) is 79.0. The van der Waals surface area contributed by atoms with Crippen LogP contribution in [0.5, 0.6) is 0 Å². The maximum atomic E-state index is 9.73. The molecule has 5 heteroatoms. The molecule has 16 rings (SSSR count). The zero-order valence-corrected chi connectivity index (χ0v) is 41.3. The van der Waals surface area contributed by atoms with Gasteiger partial charge in [0.15, 0.2) is 0 Å². The van der Waals surface area contributed by atoms with Gasteiger partial charge in [-0.3, -0.25) is 0 Å². The van der Waals surface area contributed by atoms with Crippen molar-refractivity contribution in [2.45, 2.75) is 31.6 Å². The summed E-state index contributed by atoms with van der Waals surface area (Å²) >= 11 is 1.86. The van der Waals surface area contributed by atoms with E-state index in [4.69, 9.17) is 0 Å². The largest absolute Gasteiger partial charge is 0.310 e. The predicted molar refractivity (Wildman–Crippen MR) is 312 cm³/mol. The third-order valence-corrected chi connectivity index (χ3v) is 17.8. The fourth-order valence-corrected chi connectivity index (χ4v) is 14.4. The maximum absolute atomic E-state index is 9.73. The minimum Gasteiger partial charge on any atom is -0.310 e. The average molecular weight is 963 g/mol. The number of allylic oxidation sites excluding steroid dienone is 1. The van der Waals surface area contributed by atoms with E-state index in [9.17, 15) is 5.26 Å². The molecule has 2 aliphatic rings. The fourth-order valence-electron chi connectivity index (χ4n) is 13.4. The predicted octanol–water partition coefficient (Wildman–Crippen LogP) is 18.9. The Balaban J connectivity index is 0.943. The van der Waals surface area contributed by atoms with Gasteiger partial charge in [-0.05, 0) is 167 Å². The Morgan fingerprint density at radius 2 is 1.05 bits per heavy atom. The second-order valence-corrected chi connectivity index (χ2v) is 21.7. The number of para-hydroxylation sites is 2. The molecule has 4 nitrogen and oxygen atoms in total. The minimum absolute atomic E-state index is 0.467. The summed E-state index contributed by atoms with van der Waals surface area (Å²) in [6.45, 7) is 0. The first-order chi connectivity index (χ1) is 36.6. The van der Waals surface area contributed by atoms with E-state index in [0.29, 0.717) is 17.4 Å². The van der Waals surface area contributed by atoms with Crippen LogP contribution in [0.4, 0.5) is 0 Å². The van der Waals surface area contributed by atoms with E-state index < -0.39 is 0 Å². The summed E-state index contributed by atoms with van der Waals surface area (Å²) < 4.78 is 10.0. The van der Waals surface area contributed by atoms with Gasteiger partial charge in [-0.25, -0.2) is 0 Å². The number of nitrogens with zero attached hydrogens (tertiary/aromatic N) is 4. The van der Waals surface area contributed by atoms with Crippen LogP contribution in [0.25, 0.3) is 131 Å². The third kappa shape index (κ3) is 6.13. The molecule has 348 valence electrons. The molecule has 0 radical (unpaired) electrons. The smallest absolute Gasteiger partial charge is 0.0991 e. The van der Waals surface area contributed by atoms with Gasteiger partial charge in [0, 0.05) is 69.6 Å². The van der Waals surface area contributed by atoms with Crippen molar-refractivity contribution in [3.63, 3.8) is 0 Å². The van der Waals surface area contributed by atoms with Crippen LogP contribution in [0.3, 0.4) is 0 Å². The van der Waals surface area contributed by atoms with Gasteiger partial charge in [0.2, 0.25) is 0 Å². The molecule has 14 aromatic rings. The Labute approximate surface area is 431 Å². The molecule has 74 heavy (non-hydrogen) atoms. The van der Waals surface area contributed by atoms with Crippen LogP contribution in [0, 0.1) is 17.2 Å². The summed E-state index contributed by atoms with van der Waals surface area (Å²) in [5.41, 5.74) is 17.5. The molecule has 4 heterocycles. The van der Waals surface area contributed by atoms with Gasteiger partial charge in [-0.2, -0.15) is 5.26 Å². The van der Waals surface area contributed by atoms with E-state index in [2.05, 4.69) is 226 Å². The van der Waals surface area contributed by atoms with Crippen molar-refractivity contribution >= 4 is 103 Å². The van der Waals surface area contributed by atoms with Crippen LogP contribution < -0.4 is 0 Å². The van der Waals surface area contributed by atoms with Crippen LogP contribution >= 0.6 is 11.3 Å². The van der Waals surface area contributed by atoms with Crippen LogP contribution in [0.1, 0.15) is 48.4 Å². The van der Waals surface area contributed by atoms with Crippen molar-refractivity contribution in [2.75, 3.05) is 0 Å². The maximum Gasteiger partial charge on any atom is 0.0991 e. The highest BCUT2D eigenvalue weighted by Gasteiger charge is 2.33. The lowest BCUT2D eigenvalue weighted by Gasteiger charge is -2.33. The van der Waals surface area contributed by atoms with Crippen molar-refractivity contribution in [2.24, 2.45) is 5.92 Å². The van der Waals surface area contributed by atoms with Gasteiger partial charge in [0.25, 0.3) is 0 Å². The first-order valence-corrected chi connectivity index (χ1v) is 26.8. The highest BCUT2D eigenvalue weighted by molar-refractivity contribution is 7.25. The lowest BCUT2D eigenvalue weighted by atomic mass is 9.72. The quantitative estimate of drug-likeness (QED) is 0.169. The number of aromatic nitrogens is 3. The number of hydrogen-bond donors (Lipinski definition) is 0. The molecule has 2 atom stereocenters. The molecule has 0 N–H and O–H groups in total. The minimum atomic E-state index is 0.467. The number of fused-ring (bicyclic) bond motifs is 16. The zero-order valence-electron chi connectivity index (χ0n) is 40.5. The highest BCUT2D eigenvalue weighted by Crippen LogP contribution is 2.50. The van der Waals surface area contributed by atoms with Crippen molar-refractivity contribution in [1.29, 1.82) is 5.26 Å². The number of thiophene rings is 1. The van der Waals surface area contributed by atoms with E-state index in [1.807, 2.05) is 23.5 Å². The number of benzene rings is 10. The second kappa shape index (κ2) is 16.0. The molecule has 10 aromatic carbocycles. The van der Waals surface area contributed by atoms with Gasteiger partial charge in [0.05, 0.1) is 44.9 Å². The molecule has 0 aliphatic heterocycles. The van der Waals surface area contributed by atoms with Crippen molar-refractivity contribution < 1.29 is 0 Å². The Morgan fingerprint density at radius 3 is 1.85 bits per heavy atom. The normalized spacial score (nSPS) is 15.6. The Bertz CT molecular complexity index is 4760. The molecule has 0 spiro atoms. The van der Waals surface area contributed by atoms with Crippen LogP contribution in [-0.4, -0.2) is 13.7 Å². The fraction of sp³-hybridized carbons (Fsp3) is 0.0870. The Hall–Kier alpha value is -8.95. The molecule has 4 aromatic heterocycles. The monoisotopic (exact) mass is 962 g/mol. The summed E-state index contributed by atoms with van der Waals surface area (Å²) in [4.78, 5) is 0. The van der Waals surface area contributed by atoms with Crippen LogP contribution in [0.2, 0.25) is 0 Å². The van der Waals surface area contributed by atoms with E-state index in [1.54, 1.807) is 0 Å². The van der Waals surface area contributed by atoms with Gasteiger partial charge < -0.3 is 13.7 Å². The van der Waals surface area contributed by atoms with E-state index >= 15 is 0 Å². The Kier molecular flexibility index (Phi) is 9.02.